The lowest BCUT2D eigenvalue weighted by atomic mass is 10.2. The Balaban J connectivity index is 2.35. The zero-order valence-electron chi connectivity index (χ0n) is 10.7. The maximum absolute atomic E-state index is 13.4. The fraction of sp³-hybridized carbons (Fsp3) is 0.143. The number of rotatable bonds is 4. The van der Waals surface area contributed by atoms with E-state index in [-0.39, 0.29) is 4.90 Å². The van der Waals surface area contributed by atoms with Crippen molar-refractivity contribution >= 4 is 27.3 Å². The highest BCUT2D eigenvalue weighted by atomic mass is 35.5. The highest BCUT2D eigenvalue weighted by Crippen LogP contribution is 2.21. The van der Waals surface area contributed by atoms with Crippen molar-refractivity contribution in [2.45, 2.75) is 18.2 Å². The van der Waals surface area contributed by atoms with E-state index in [0.29, 0.717) is 22.7 Å². The molecule has 0 heterocycles. The summed E-state index contributed by atoms with van der Waals surface area (Å²) >= 11 is 5.80. The van der Waals surface area contributed by atoms with E-state index in [4.69, 9.17) is 11.6 Å². The highest BCUT2D eigenvalue weighted by Gasteiger charge is 2.16. The number of benzene rings is 2. The molecule has 2 aromatic rings. The lowest BCUT2D eigenvalue weighted by Crippen LogP contribution is -2.13. The van der Waals surface area contributed by atoms with E-state index >= 15 is 0 Å². The van der Waals surface area contributed by atoms with E-state index in [1.165, 1.54) is 18.2 Å². The van der Waals surface area contributed by atoms with Crippen molar-refractivity contribution in [2.75, 3.05) is 4.72 Å². The summed E-state index contributed by atoms with van der Waals surface area (Å²) in [5.41, 5.74) is 0.721. The monoisotopic (exact) mass is 313 g/mol. The summed E-state index contributed by atoms with van der Waals surface area (Å²) < 4.78 is 40.2. The zero-order valence-corrected chi connectivity index (χ0v) is 12.3. The van der Waals surface area contributed by atoms with Gasteiger partial charge in [0.15, 0.2) is 0 Å². The molecule has 106 valence electrons. The summed E-state index contributed by atoms with van der Waals surface area (Å²) in [4.78, 5) is 0.0238. The molecule has 0 spiro atoms. The van der Waals surface area contributed by atoms with Crippen LogP contribution in [0.15, 0.2) is 47.4 Å². The number of halogens is 2. The molecule has 0 aliphatic carbocycles. The first-order chi connectivity index (χ1) is 9.42. The largest absolute Gasteiger partial charge is 0.280 e. The van der Waals surface area contributed by atoms with Crippen LogP contribution in [0.4, 0.5) is 10.1 Å². The third-order valence-electron chi connectivity index (χ3n) is 2.79. The molecule has 0 amide bonds. The predicted octanol–water partition coefficient (Wildman–Crippen LogP) is 3.84. The molecule has 0 bridgehead atoms. The third-order valence-corrected chi connectivity index (χ3v) is 4.40. The van der Waals surface area contributed by atoms with E-state index in [2.05, 4.69) is 4.72 Å². The van der Waals surface area contributed by atoms with Crippen molar-refractivity contribution in [3.05, 3.63) is 58.9 Å². The molecule has 0 atom stereocenters. The Morgan fingerprint density at radius 3 is 2.60 bits per heavy atom. The molecule has 2 aromatic carbocycles. The molecular formula is C14H13ClFNO2S. The zero-order chi connectivity index (χ0) is 14.8. The van der Waals surface area contributed by atoms with E-state index < -0.39 is 15.8 Å². The van der Waals surface area contributed by atoms with Crippen LogP contribution >= 0.6 is 11.6 Å². The van der Waals surface area contributed by atoms with Gasteiger partial charge in [0, 0.05) is 5.02 Å². The molecule has 6 heteroatoms. The van der Waals surface area contributed by atoms with Crippen molar-refractivity contribution in [3.63, 3.8) is 0 Å². The van der Waals surface area contributed by atoms with E-state index in [9.17, 15) is 12.8 Å². The molecule has 0 saturated carbocycles. The van der Waals surface area contributed by atoms with E-state index in [1.54, 1.807) is 25.1 Å². The number of aryl methyl sites for hydroxylation is 1. The van der Waals surface area contributed by atoms with Gasteiger partial charge in [0.05, 0.1) is 10.6 Å². The summed E-state index contributed by atoms with van der Waals surface area (Å²) in [6.45, 7) is 1.76. The molecule has 20 heavy (non-hydrogen) atoms. The van der Waals surface area contributed by atoms with Gasteiger partial charge in [0.1, 0.15) is 5.82 Å². The highest BCUT2D eigenvalue weighted by molar-refractivity contribution is 7.92. The van der Waals surface area contributed by atoms with Crippen molar-refractivity contribution in [1.29, 1.82) is 0 Å². The molecule has 0 aliphatic heterocycles. The summed E-state index contributed by atoms with van der Waals surface area (Å²) in [5.74, 6) is -0.408. The van der Waals surface area contributed by atoms with Gasteiger partial charge in [-0.15, -0.1) is 0 Å². The minimum absolute atomic E-state index is 0.0238. The van der Waals surface area contributed by atoms with Crippen molar-refractivity contribution in [1.82, 2.24) is 0 Å². The molecule has 1 N–H and O–H groups in total. The van der Waals surface area contributed by atoms with Gasteiger partial charge in [0.2, 0.25) is 0 Å². The lowest BCUT2D eigenvalue weighted by molar-refractivity contribution is 0.597. The van der Waals surface area contributed by atoms with Crippen LogP contribution in [0.5, 0.6) is 0 Å². The van der Waals surface area contributed by atoms with Gasteiger partial charge in [-0.2, -0.15) is 0 Å². The van der Waals surface area contributed by atoms with Crippen LogP contribution in [-0.2, 0) is 16.4 Å². The Labute approximate surface area is 122 Å². The summed E-state index contributed by atoms with van der Waals surface area (Å²) in [7, 11) is -3.75. The maximum atomic E-state index is 13.4. The molecule has 2 rings (SSSR count). The van der Waals surface area contributed by atoms with E-state index in [0.717, 1.165) is 6.07 Å². The van der Waals surface area contributed by atoms with Gasteiger partial charge < -0.3 is 0 Å². The summed E-state index contributed by atoms with van der Waals surface area (Å²) in [6.07, 6.45) is 0.423. The standard InChI is InChI=1S/C14H13ClFNO2S/c1-2-10-8-13(6-7-14(10)16)20(18,19)17-12-5-3-4-11(15)9-12/h3-9,17H,2H2,1H3. The molecule has 0 unspecified atom stereocenters. The minimum atomic E-state index is -3.75. The van der Waals surface area contributed by atoms with Crippen LogP contribution in [0.3, 0.4) is 0 Å². The lowest BCUT2D eigenvalue weighted by Gasteiger charge is -2.09. The molecule has 0 radical (unpaired) electrons. The summed E-state index contributed by atoms with van der Waals surface area (Å²) in [6, 6.07) is 10.1. The first kappa shape index (κ1) is 14.8. The molecular weight excluding hydrogens is 301 g/mol. The minimum Gasteiger partial charge on any atom is -0.280 e. The van der Waals surface area contributed by atoms with Gasteiger partial charge in [-0.25, -0.2) is 12.8 Å². The SMILES string of the molecule is CCc1cc(S(=O)(=O)Nc2cccc(Cl)c2)ccc1F. The summed E-state index contributed by atoms with van der Waals surface area (Å²) in [5, 5.41) is 0.429. The van der Waals surface area contributed by atoms with Crippen LogP contribution in [0.2, 0.25) is 5.02 Å². The topological polar surface area (TPSA) is 46.2 Å². The Morgan fingerprint density at radius 1 is 1.20 bits per heavy atom. The predicted molar refractivity (Wildman–Crippen MR) is 78.0 cm³/mol. The molecule has 0 fully saturated rings. The first-order valence-electron chi connectivity index (χ1n) is 5.99. The third kappa shape index (κ3) is 3.29. The van der Waals surface area contributed by atoms with Crippen LogP contribution in [0, 0.1) is 5.82 Å². The Hall–Kier alpha value is -1.59. The van der Waals surface area contributed by atoms with Crippen molar-refractivity contribution < 1.29 is 12.8 Å². The first-order valence-corrected chi connectivity index (χ1v) is 7.85. The van der Waals surface area contributed by atoms with Gasteiger partial charge in [-0.1, -0.05) is 24.6 Å². The van der Waals surface area contributed by atoms with Crippen molar-refractivity contribution in [2.24, 2.45) is 0 Å². The molecule has 0 saturated heterocycles. The number of hydrogen-bond donors (Lipinski definition) is 1. The maximum Gasteiger partial charge on any atom is 0.261 e. The second-order valence-corrected chi connectivity index (χ2v) is 6.34. The number of nitrogens with one attached hydrogen (secondary N) is 1. The number of sulfonamides is 1. The van der Waals surface area contributed by atoms with Crippen LogP contribution in [-0.4, -0.2) is 8.42 Å². The van der Waals surface area contributed by atoms with Crippen molar-refractivity contribution in [3.8, 4) is 0 Å². The average Bonchev–Trinajstić information content (AvgIpc) is 2.38. The number of hydrogen-bond acceptors (Lipinski definition) is 2. The second-order valence-electron chi connectivity index (χ2n) is 4.22. The fourth-order valence-electron chi connectivity index (χ4n) is 1.76. The molecule has 0 aromatic heterocycles. The van der Waals surface area contributed by atoms with Gasteiger partial charge in [-0.3, -0.25) is 4.72 Å². The van der Waals surface area contributed by atoms with Crippen LogP contribution in [0.1, 0.15) is 12.5 Å². The van der Waals surface area contributed by atoms with E-state index in [1.807, 2.05) is 0 Å². The Morgan fingerprint density at radius 2 is 1.95 bits per heavy atom. The Kier molecular flexibility index (Phi) is 4.30. The van der Waals surface area contributed by atoms with Gasteiger partial charge >= 0.3 is 0 Å². The molecule has 0 aliphatic rings. The fourth-order valence-corrected chi connectivity index (χ4v) is 3.05. The normalized spacial score (nSPS) is 11.3. The average molecular weight is 314 g/mol. The quantitative estimate of drug-likeness (QED) is 0.932. The Bertz CT molecular complexity index is 732. The smallest absolute Gasteiger partial charge is 0.261 e. The second kappa shape index (κ2) is 5.81. The van der Waals surface area contributed by atoms with Crippen LogP contribution in [0.25, 0.3) is 0 Å². The van der Waals surface area contributed by atoms with Crippen LogP contribution < -0.4 is 4.72 Å². The van der Waals surface area contributed by atoms with Gasteiger partial charge in [-0.05, 0) is 48.4 Å². The number of anilines is 1. The molecule has 3 nitrogen and oxygen atoms in total. The van der Waals surface area contributed by atoms with Gasteiger partial charge in [0.25, 0.3) is 10.0 Å².